The van der Waals surface area contributed by atoms with E-state index in [4.69, 9.17) is 31.6 Å². The van der Waals surface area contributed by atoms with Crippen LogP contribution in [0.1, 0.15) is 40.0 Å². The van der Waals surface area contributed by atoms with E-state index in [1.807, 2.05) is 26.8 Å². The Bertz CT molecular complexity index is 876. The van der Waals surface area contributed by atoms with E-state index in [2.05, 4.69) is 5.32 Å². The maximum atomic E-state index is 12.9. The highest BCUT2D eigenvalue weighted by atomic mass is 35.5. The van der Waals surface area contributed by atoms with Gasteiger partial charge in [-0.1, -0.05) is 23.7 Å². The smallest absolute Gasteiger partial charge is 0.410 e. The molecule has 10 heteroatoms. The summed E-state index contributed by atoms with van der Waals surface area (Å²) in [7, 11) is 0. The third kappa shape index (κ3) is 8.53. The number of ether oxygens (including phenoxy) is 2. The molecule has 0 unspecified atom stereocenters. The maximum Gasteiger partial charge on any atom is 0.410 e. The average molecular weight is 495 g/mol. The number of nitrogens with one attached hydrogen (secondary N) is 2. The van der Waals surface area contributed by atoms with Gasteiger partial charge in [0.25, 0.3) is 5.91 Å². The monoisotopic (exact) mass is 494 g/mol. The van der Waals surface area contributed by atoms with Crippen LogP contribution in [-0.4, -0.2) is 78.1 Å². The van der Waals surface area contributed by atoms with Crippen molar-refractivity contribution in [3.05, 3.63) is 35.0 Å². The van der Waals surface area contributed by atoms with E-state index >= 15 is 0 Å². The van der Waals surface area contributed by atoms with E-state index in [0.29, 0.717) is 44.2 Å². The molecule has 0 bridgehead atoms. The predicted molar refractivity (Wildman–Crippen MR) is 133 cm³/mol. The van der Waals surface area contributed by atoms with E-state index in [-0.39, 0.29) is 23.4 Å². The fourth-order valence-corrected chi connectivity index (χ4v) is 3.53. The number of carbonyl (C=O) groups is 2. The van der Waals surface area contributed by atoms with Crippen LogP contribution in [0.25, 0.3) is 0 Å². The number of piperazine rings is 1. The molecule has 0 saturated carbocycles. The van der Waals surface area contributed by atoms with Crippen molar-refractivity contribution in [2.75, 3.05) is 44.7 Å². The Morgan fingerprint density at radius 1 is 1.12 bits per heavy atom. The zero-order valence-electron chi connectivity index (χ0n) is 20.1. The molecular weight excluding hydrogens is 460 g/mol. The molecule has 1 heterocycles. The molecule has 188 valence electrons. The van der Waals surface area contributed by atoms with Gasteiger partial charge in [0.2, 0.25) is 0 Å². The van der Waals surface area contributed by atoms with Gasteiger partial charge in [-0.15, -0.1) is 0 Å². The van der Waals surface area contributed by atoms with E-state index in [0.717, 1.165) is 25.5 Å². The van der Waals surface area contributed by atoms with E-state index < -0.39 is 11.5 Å². The zero-order valence-corrected chi connectivity index (χ0v) is 20.9. The van der Waals surface area contributed by atoms with Gasteiger partial charge in [-0.25, -0.2) is 4.79 Å². The lowest BCUT2D eigenvalue weighted by atomic mass is 10.2. The van der Waals surface area contributed by atoms with Gasteiger partial charge in [-0.2, -0.15) is 0 Å². The van der Waals surface area contributed by atoms with Gasteiger partial charge in [0.05, 0.1) is 18.0 Å². The van der Waals surface area contributed by atoms with E-state index in [1.54, 1.807) is 28.0 Å². The number of hydrogen-bond donors (Lipinski definition) is 3. The molecule has 1 aromatic rings. The van der Waals surface area contributed by atoms with Crippen molar-refractivity contribution < 1.29 is 24.2 Å². The number of aliphatic hydroxyl groups is 1. The standard InChI is InChI=1S/C24H35ClN4O5/c1-24(2,3)34-23(32)29-13-11-28(12-14-29)19(17-26)21(25)22(31)27-18-9-5-6-10-20(18)33-16-8-4-7-15-30/h5-6,9-10,17,26,30H,4,7-8,11-16H2,1-3H3,(H,27,31)/b21-19-,26-17?. The Kier molecular flexibility index (Phi) is 10.7. The molecule has 3 N–H and O–H groups in total. The lowest BCUT2D eigenvalue weighted by Gasteiger charge is -2.37. The summed E-state index contributed by atoms with van der Waals surface area (Å²) in [6, 6.07) is 7.06. The topological polar surface area (TPSA) is 115 Å². The highest BCUT2D eigenvalue weighted by molar-refractivity contribution is 6.45. The number of allylic oxidation sites excluding steroid dienone is 1. The first kappa shape index (κ1) is 27.5. The third-order valence-electron chi connectivity index (χ3n) is 5.03. The molecule has 2 amide bonds. The van der Waals surface area contributed by atoms with Crippen LogP contribution in [0.2, 0.25) is 0 Å². The Labute approximate surface area is 206 Å². The van der Waals surface area contributed by atoms with Gasteiger partial charge in [-0.05, 0) is 52.2 Å². The Hall–Kier alpha value is -2.78. The molecule has 1 fully saturated rings. The van der Waals surface area contributed by atoms with E-state index in [1.165, 1.54) is 0 Å². The molecule has 2 rings (SSSR count). The fraction of sp³-hybridized carbons (Fsp3) is 0.542. The second-order valence-electron chi connectivity index (χ2n) is 8.88. The largest absolute Gasteiger partial charge is 0.491 e. The zero-order chi connectivity index (χ0) is 25.1. The summed E-state index contributed by atoms with van der Waals surface area (Å²) < 4.78 is 11.2. The van der Waals surface area contributed by atoms with Crippen LogP contribution in [0.3, 0.4) is 0 Å². The number of amides is 2. The summed E-state index contributed by atoms with van der Waals surface area (Å²) in [6.45, 7) is 7.69. The Morgan fingerprint density at radius 2 is 1.76 bits per heavy atom. The minimum absolute atomic E-state index is 0.113. The minimum atomic E-state index is -0.574. The average Bonchev–Trinajstić information content (AvgIpc) is 2.79. The van der Waals surface area contributed by atoms with Crippen LogP contribution in [0, 0.1) is 5.41 Å². The molecule has 0 aromatic heterocycles. The molecule has 1 aliphatic rings. The van der Waals surface area contributed by atoms with Gasteiger partial charge < -0.3 is 35.1 Å². The molecule has 1 saturated heterocycles. The van der Waals surface area contributed by atoms with Crippen molar-refractivity contribution >= 4 is 35.5 Å². The van der Waals surface area contributed by atoms with Crippen molar-refractivity contribution in [2.24, 2.45) is 0 Å². The number of anilines is 1. The van der Waals surface area contributed by atoms with Crippen LogP contribution < -0.4 is 10.1 Å². The predicted octanol–water partition coefficient (Wildman–Crippen LogP) is 3.82. The van der Waals surface area contributed by atoms with Crippen LogP contribution in [0.4, 0.5) is 10.5 Å². The number of para-hydroxylation sites is 2. The second kappa shape index (κ2) is 13.2. The third-order valence-corrected chi connectivity index (χ3v) is 5.39. The molecule has 1 aromatic carbocycles. The Balaban J connectivity index is 2.00. The number of halogens is 1. The molecule has 0 spiro atoms. The number of benzene rings is 1. The van der Waals surface area contributed by atoms with E-state index in [9.17, 15) is 9.59 Å². The molecule has 9 nitrogen and oxygen atoms in total. The molecule has 34 heavy (non-hydrogen) atoms. The van der Waals surface area contributed by atoms with Gasteiger partial charge in [-0.3, -0.25) is 4.79 Å². The first-order valence-electron chi connectivity index (χ1n) is 11.4. The van der Waals surface area contributed by atoms with Crippen LogP contribution >= 0.6 is 11.6 Å². The number of hydrogen-bond acceptors (Lipinski definition) is 7. The first-order valence-corrected chi connectivity index (χ1v) is 11.8. The van der Waals surface area contributed by atoms with Crippen molar-refractivity contribution in [1.82, 2.24) is 9.80 Å². The number of unbranched alkanes of at least 4 members (excludes halogenated alkanes) is 2. The van der Waals surface area contributed by atoms with Crippen molar-refractivity contribution in [1.29, 1.82) is 5.41 Å². The van der Waals surface area contributed by atoms with Gasteiger partial charge in [0, 0.05) is 39.0 Å². The minimum Gasteiger partial charge on any atom is -0.491 e. The summed E-state index contributed by atoms with van der Waals surface area (Å²) >= 11 is 6.39. The van der Waals surface area contributed by atoms with Crippen molar-refractivity contribution in [2.45, 2.75) is 45.6 Å². The number of nitrogens with zero attached hydrogens (tertiary/aromatic N) is 2. The summed E-state index contributed by atoms with van der Waals surface area (Å²) in [5.41, 5.74) is 0.187. The molecule has 0 aliphatic carbocycles. The Morgan fingerprint density at radius 3 is 2.38 bits per heavy atom. The van der Waals surface area contributed by atoms with Crippen LogP contribution in [0.5, 0.6) is 5.75 Å². The number of carbonyl (C=O) groups excluding carboxylic acids is 2. The normalized spacial score (nSPS) is 14.9. The highest BCUT2D eigenvalue weighted by Gasteiger charge is 2.28. The lowest BCUT2D eigenvalue weighted by molar-refractivity contribution is -0.112. The van der Waals surface area contributed by atoms with Crippen LogP contribution in [-0.2, 0) is 9.53 Å². The molecule has 0 atom stereocenters. The first-order chi connectivity index (χ1) is 16.2. The number of aliphatic hydroxyl groups excluding tert-OH is 1. The number of rotatable bonds is 10. The quantitative estimate of drug-likeness (QED) is 0.259. The van der Waals surface area contributed by atoms with Gasteiger partial charge in [0.1, 0.15) is 16.4 Å². The molecule has 0 radical (unpaired) electrons. The summed E-state index contributed by atoms with van der Waals surface area (Å²) in [4.78, 5) is 28.5. The maximum absolute atomic E-state index is 12.9. The summed E-state index contributed by atoms with van der Waals surface area (Å²) in [5.74, 6) is -0.0298. The summed E-state index contributed by atoms with van der Waals surface area (Å²) in [5, 5.41) is 19.3. The SMILES string of the molecule is CC(C)(C)OC(=O)N1CCN(/C(C=N)=C(\Cl)C(=O)Nc2ccccc2OCCCCCO)CC1. The van der Waals surface area contributed by atoms with Crippen molar-refractivity contribution in [3.63, 3.8) is 0 Å². The van der Waals surface area contributed by atoms with Gasteiger partial charge >= 0.3 is 6.09 Å². The highest BCUT2D eigenvalue weighted by Crippen LogP contribution is 2.26. The molecule has 1 aliphatic heterocycles. The molecular formula is C24H35ClN4O5. The van der Waals surface area contributed by atoms with Crippen LogP contribution in [0.15, 0.2) is 35.0 Å². The lowest BCUT2D eigenvalue weighted by Crippen LogP contribution is -2.50. The van der Waals surface area contributed by atoms with Gasteiger partial charge in [0.15, 0.2) is 0 Å². The van der Waals surface area contributed by atoms with Crippen molar-refractivity contribution in [3.8, 4) is 5.75 Å². The summed E-state index contributed by atoms with van der Waals surface area (Å²) in [6.07, 6.45) is 3.03. The second-order valence-corrected chi connectivity index (χ2v) is 9.26. The fourth-order valence-electron chi connectivity index (χ4n) is 3.31.